The Labute approximate surface area is 181 Å². The molecule has 0 atom stereocenters. The lowest BCUT2D eigenvalue weighted by molar-refractivity contribution is -0.141. The van der Waals surface area contributed by atoms with Crippen LogP contribution in [0.3, 0.4) is 0 Å². The third-order valence-electron chi connectivity index (χ3n) is 4.46. The SMILES string of the molecule is Cc1ccc(S(=O)(=O)CC(=O)OCc2cn(C(=O)OC(C)(C)C)c3ccccc23)cc1. The normalized spacial score (nSPS) is 12.0. The topological polar surface area (TPSA) is 91.7 Å². The van der Waals surface area contributed by atoms with Gasteiger partial charge in [0.1, 0.15) is 12.2 Å². The zero-order chi connectivity index (χ0) is 22.8. The molecule has 1 heterocycles. The van der Waals surface area contributed by atoms with Crippen molar-refractivity contribution in [2.45, 2.75) is 44.8 Å². The molecule has 0 bridgehead atoms. The second-order valence-corrected chi connectivity index (χ2v) is 10.2. The molecule has 3 aromatic rings. The molecule has 8 heteroatoms. The molecule has 0 aliphatic carbocycles. The second kappa shape index (κ2) is 8.55. The third-order valence-corrected chi connectivity index (χ3v) is 6.07. The number of sulfone groups is 1. The van der Waals surface area contributed by atoms with Crippen molar-refractivity contribution in [2.24, 2.45) is 0 Å². The number of carbonyl (C=O) groups excluding carboxylic acids is 2. The summed E-state index contributed by atoms with van der Waals surface area (Å²) in [6, 6.07) is 13.4. The first-order chi connectivity index (χ1) is 14.5. The first-order valence-corrected chi connectivity index (χ1v) is 11.4. The van der Waals surface area contributed by atoms with Crippen LogP contribution in [-0.4, -0.2) is 36.4 Å². The molecule has 164 valence electrons. The lowest BCUT2D eigenvalue weighted by Gasteiger charge is -2.19. The number of hydrogen-bond acceptors (Lipinski definition) is 6. The highest BCUT2D eigenvalue weighted by atomic mass is 32.2. The molecular weight excluding hydrogens is 418 g/mol. The summed E-state index contributed by atoms with van der Waals surface area (Å²) in [7, 11) is -3.81. The minimum atomic E-state index is -3.81. The number of fused-ring (bicyclic) bond motifs is 1. The Morgan fingerprint density at radius 2 is 1.65 bits per heavy atom. The van der Waals surface area contributed by atoms with E-state index in [4.69, 9.17) is 9.47 Å². The first kappa shape index (κ1) is 22.6. The average molecular weight is 444 g/mol. The minimum absolute atomic E-state index is 0.0663. The first-order valence-electron chi connectivity index (χ1n) is 9.74. The molecule has 0 aliphatic rings. The number of para-hydroxylation sites is 1. The van der Waals surface area contributed by atoms with Crippen LogP contribution >= 0.6 is 0 Å². The summed E-state index contributed by atoms with van der Waals surface area (Å²) in [4.78, 5) is 24.9. The quantitative estimate of drug-likeness (QED) is 0.548. The molecule has 0 spiro atoms. The predicted octanol–water partition coefficient (Wildman–Crippen LogP) is 4.25. The standard InChI is InChI=1S/C23H25NO6S/c1-16-9-11-18(12-10-16)31(27,28)15-21(25)29-14-17-13-24(22(26)30-23(2,3)4)20-8-6-5-7-19(17)20/h5-13H,14-15H2,1-4H3. The van der Waals surface area contributed by atoms with Crippen LogP contribution in [0.25, 0.3) is 10.9 Å². The van der Waals surface area contributed by atoms with E-state index in [0.717, 1.165) is 5.56 Å². The molecule has 2 aromatic carbocycles. The van der Waals surface area contributed by atoms with E-state index in [9.17, 15) is 18.0 Å². The molecule has 0 unspecified atom stereocenters. The van der Waals surface area contributed by atoms with Gasteiger partial charge in [-0.15, -0.1) is 0 Å². The summed E-state index contributed by atoms with van der Waals surface area (Å²) in [6.45, 7) is 6.99. The van der Waals surface area contributed by atoms with Gasteiger partial charge >= 0.3 is 12.1 Å². The van der Waals surface area contributed by atoms with Gasteiger partial charge in [-0.1, -0.05) is 35.9 Å². The predicted molar refractivity (Wildman–Crippen MR) is 117 cm³/mol. The van der Waals surface area contributed by atoms with Crippen molar-refractivity contribution in [3.8, 4) is 0 Å². The van der Waals surface area contributed by atoms with Gasteiger partial charge in [0, 0.05) is 17.1 Å². The number of benzene rings is 2. The molecular formula is C23H25NO6S. The van der Waals surface area contributed by atoms with E-state index >= 15 is 0 Å². The van der Waals surface area contributed by atoms with Gasteiger partial charge < -0.3 is 9.47 Å². The Morgan fingerprint density at radius 1 is 1.00 bits per heavy atom. The van der Waals surface area contributed by atoms with E-state index in [2.05, 4.69) is 0 Å². The van der Waals surface area contributed by atoms with Gasteiger partial charge in [-0.2, -0.15) is 0 Å². The van der Waals surface area contributed by atoms with Gasteiger partial charge in [0.2, 0.25) is 0 Å². The molecule has 0 aliphatic heterocycles. The van der Waals surface area contributed by atoms with E-state index in [-0.39, 0.29) is 11.5 Å². The van der Waals surface area contributed by atoms with E-state index in [1.54, 1.807) is 63.4 Å². The van der Waals surface area contributed by atoms with Crippen molar-refractivity contribution in [1.82, 2.24) is 4.57 Å². The highest BCUT2D eigenvalue weighted by molar-refractivity contribution is 7.92. The van der Waals surface area contributed by atoms with Gasteiger partial charge in [-0.05, 0) is 45.9 Å². The van der Waals surface area contributed by atoms with Crippen molar-refractivity contribution in [3.63, 3.8) is 0 Å². The Morgan fingerprint density at radius 3 is 2.29 bits per heavy atom. The molecule has 1 aromatic heterocycles. The zero-order valence-electron chi connectivity index (χ0n) is 17.9. The van der Waals surface area contributed by atoms with Gasteiger partial charge in [0.25, 0.3) is 0 Å². The second-order valence-electron chi connectivity index (χ2n) is 8.25. The van der Waals surface area contributed by atoms with Gasteiger partial charge in [-0.3, -0.25) is 9.36 Å². The Kier molecular flexibility index (Phi) is 6.22. The molecule has 3 rings (SSSR count). The number of nitrogens with zero attached hydrogens (tertiary/aromatic N) is 1. The lowest BCUT2D eigenvalue weighted by atomic mass is 10.2. The molecule has 0 saturated carbocycles. The van der Waals surface area contributed by atoms with Crippen LogP contribution in [0.5, 0.6) is 0 Å². The van der Waals surface area contributed by atoms with Crippen LogP contribution in [0.2, 0.25) is 0 Å². The molecule has 7 nitrogen and oxygen atoms in total. The van der Waals surface area contributed by atoms with Crippen LogP contribution < -0.4 is 0 Å². The molecule has 31 heavy (non-hydrogen) atoms. The van der Waals surface area contributed by atoms with Crippen LogP contribution in [0.1, 0.15) is 31.9 Å². The maximum atomic E-state index is 12.5. The van der Waals surface area contributed by atoms with E-state index in [1.165, 1.54) is 16.7 Å². The monoisotopic (exact) mass is 443 g/mol. The Balaban J connectivity index is 1.76. The fraction of sp³-hybridized carbons (Fsp3) is 0.304. The Hall–Kier alpha value is -3.13. The third kappa shape index (κ3) is 5.52. The fourth-order valence-corrected chi connectivity index (χ4v) is 4.12. The van der Waals surface area contributed by atoms with Crippen molar-refractivity contribution in [2.75, 3.05) is 5.75 Å². The maximum Gasteiger partial charge on any atom is 0.419 e. The molecule has 0 fully saturated rings. The van der Waals surface area contributed by atoms with Crippen LogP contribution in [-0.2, 0) is 30.7 Å². The highest BCUT2D eigenvalue weighted by Crippen LogP contribution is 2.24. The smallest absolute Gasteiger partial charge is 0.419 e. The number of ether oxygens (including phenoxy) is 2. The zero-order valence-corrected chi connectivity index (χ0v) is 18.7. The van der Waals surface area contributed by atoms with Gasteiger partial charge in [-0.25, -0.2) is 13.2 Å². The molecule has 0 N–H and O–H groups in total. The van der Waals surface area contributed by atoms with Crippen molar-refractivity contribution in [3.05, 3.63) is 65.9 Å². The average Bonchev–Trinajstić information content (AvgIpc) is 3.04. The van der Waals surface area contributed by atoms with Crippen molar-refractivity contribution >= 4 is 32.8 Å². The van der Waals surface area contributed by atoms with Crippen molar-refractivity contribution < 1.29 is 27.5 Å². The highest BCUT2D eigenvalue weighted by Gasteiger charge is 2.23. The number of aromatic nitrogens is 1. The van der Waals surface area contributed by atoms with Crippen LogP contribution in [0, 0.1) is 6.92 Å². The fourth-order valence-electron chi connectivity index (χ4n) is 3.01. The summed E-state index contributed by atoms with van der Waals surface area (Å²) in [5.41, 5.74) is 1.43. The Bertz CT molecular complexity index is 1220. The minimum Gasteiger partial charge on any atom is -0.460 e. The van der Waals surface area contributed by atoms with E-state index < -0.39 is 33.3 Å². The van der Waals surface area contributed by atoms with Crippen molar-refractivity contribution in [1.29, 1.82) is 0 Å². The molecule has 0 amide bonds. The molecule has 0 saturated heterocycles. The van der Waals surface area contributed by atoms with Crippen LogP contribution in [0.4, 0.5) is 4.79 Å². The van der Waals surface area contributed by atoms with Crippen LogP contribution in [0.15, 0.2) is 59.6 Å². The van der Waals surface area contributed by atoms with Gasteiger partial charge in [0.05, 0.1) is 10.4 Å². The summed E-state index contributed by atoms with van der Waals surface area (Å²) in [5, 5.41) is 0.711. The number of esters is 1. The van der Waals surface area contributed by atoms with E-state index in [0.29, 0.717) is 16.5 Å². The largest absolute Gasteiger partial charge is 0.460 e. The summed E-state index contributed by atoms with van der Waals surface area (Å²) < 4.78 is 36.9. The summed E-state index contributed by atoms with van der Waals surface area (Å²) >= 11 is 0. The number of rotatable bonds is 5. The summed E-state index contributed by atoms with van der Waals surface area (Å²) in [6.07, 6.45) is 0.990. The maximum absolute atomic E-state index is 12.5. The summed E-state index contributed by atoms with van der Waals surface area (Å²) in [5.74, 6) is -1.63. The lowest BCUT2D eigenvalue weighted by Crippen LogP contribution is -2.26. The number of hydrogen-bond donors (Lipinski definition) is 0. The number of carbonyl (C=O) groups is 2. The molecule has 0 radical (unpaired) electrons. The van der Waals surface area contributed by atoms with Gasteiger partial charge in [0.15, 0.2) is 15.6 Å². The number of aryl methyl sites for hydroxylation is 1. The van der Waals surface area contributed by atoms with E-state index in [1.807, 2.05) is 6.92 Å².